The predicted molar refractivity (Wildman–Crippen MR) is 75.0 cm³/mol. The van der Waals surface area contributed by atoms with E-state index in [9.17, 15) is 4.79 Å². The first kappa shape index (κ1) is 13.6. The van der Waals surface area contributed by atoms with Gasteiger partial charge in [-0.15, -0.1) is 0 Å². The molecule has 19 heavy (non-hydrogen) atoms. The number of aromatic nitrogens is 1. The normalized spacial score (nSPS) is 10.3. The zero-order chi connectivity index (χ0) is 13.8. The Morgan fingerprint density at radius 2 is 2.16 bits per heavy atom. The van der Waals surface area contributed by atoms with Gasteiger partial charge in [0.05, 0.1) is 12.7 Å². The van der Waals surface area contributed by atoms with Crippen molar-refractivity contribution in [2.45, 2.75) is 13.3 Å². The maximum absolute atomic E-state index is 12.3. The summed E-state index contributed by atoms with van der Waals surface area (Å²) in [4.78, 5) is 16.3. The molecule has 0 saturated carbocycles. The fraction of sp³-hybridized carbons (Fsp3) is 0.200. The lowest BCUT2D eigenvalue weighted by molar-refractivity contribution is 0.0989. The molecule has 0 N–H and O–H groups in total. The van der Waals surface area contributed by atoms with Crippen molar-refractivity contribution >= 4 is 17.4 Å². The van der Waals surface area contributed by atoms with E-state index in [0.717, 1.165) is 11.1 Å². The molecule has 1 aromatic heterocycles. The van der Waals surface area contributed by atoms with Gasteiger partial charge in [-0.05, 0) is 36.2 Å². The first-order valence-corrected chi connectivity index (χ1v) is 6.27. The van der Waals surface area contributed by atoms with Gasteiger partial charge in [-0.1, -0.05) is 23.7 Å². The minimum absolute atomic E-state index is 0.0595. The van der Waals surface area contributed by atoms with Gasteiger partial charge in [0.1, 0.15) is 0 Å². The van der Waals surface area contributed by atoms with Crippen molar-refractivity contribution in [1.82, 2.24) is 4.98 Å². The average molecular weight is 276 g/mol. The van der Waals surface area contributed by atoms with Crippen molar-refractivity contribution in [3.63, 3.8) is 0 Å². The minimum Gasteiger partial charge on any atom is -0.480 e. The van der Waals surface area contributed by atoms with Crippen molar-refractivity contribution in [2.24, 2.45) is 0 Å². The molecule has 0 atom stereocenters. The number of aryl methyl sites for hydroxylation is 1. The number of rotatable bonds is 4. The molecule has 0 unspecified atom stereocenters. The fourth-order valence-electron chi connectivity index (χ4n) is 1.83. The van der Waals surface area contributed by atoms with Crippen LogP contribution in [0.4, 0.5) is 0 Å². The molecule has 1 heterocycles. The third-order valence-corrected chi connectivity index (χ3v) is 3.18. The molecule has 0 aliphatic carbocycles. The Labute approximate surface area is 117 Å². The van der Waals surface area contributed by atoms with Crippen LogP contribution in [0, 0.1) is 6.92 Å². The Morgan fingerprint density at radius 1 is 1.37 bits per heavy atom. The Kier molecular flexibility index (Phi) is 4.17. The number of hydrogen-bond donors (Lipinski definition) is 0. The monoisotopic (exact) mass is 275 g/mol. The number of nitrogens with zero attached hydrogens (tertiary/aromatic N) is 1. The molecule has 4 heteroatoms. The Hall–Kier alpha value is -1.87. The predicted octanol–water partition coefficient (Wildman–Crippen LogP) is 3.48. The summed E-state index contributed by atoms with van der Waals surface area (Å²) in [5, 5.41) is 0.608. The zero-order valence-electron chi connectivity index (χ0n) is 10.8. The zero-order valence-corrected chi connectivity index (χ0v) is 11.6. The van der Waals surface area contributed by atoms with Gasteiger partial charge in [0, 0.05) is 17.6 Å². The van der Waals surface area contributed by atoms with Crippen LogP contribution in [0.15, 0.2) is 36.5 Å². The summed E-state index contributed by atoms with van der Waals surface area (Å²) in [6.07, 6.45) is 1.83. The molecule has 0 spiro atoms. The Balaban J connectivity index is 2.26. The van der Waals surface area contributed by atoms with Crippen LogP contribution >= 0.6 is 11.6 Å². The van der Waals surface area contributed by atoms with Gasteiger partial charge in [-0.25, -0.2) is 4.98 Å². The van der Waals surface area contributed by atoms with Gasteiger partial charge < -0.3 is 4.74 Å². The number of benzene rings is 1. The Bertz CT molecular complexity index is 611. The van der Waals surface area contributed by atoms with Crippen LogP contribution in [-0.2, 0) is 6.42 Å². The summed E-state index contributed by atoms with van der Waals surface area (Å²) in [5.41, 5.74) is 2.35. The molecule has 0 bridgehead atoms. The van der Waals surface area contributed by atoms with E-state index in [1.807, 2.05) is 25.1 Å². The molecule has 1 aromatic carbocycles. The SMILES string of the molecule is COc1ncccc1C(=O)Cc1ccc(C)cc1Cl. The minimum atomic E-state index is -0.0595. The molecule has 0 aliphatic rings. The average Bonchev–Trinajstić information content (AvgIpc) is 2.41. The molecular formula is C15H14ClNO2. The number of pyridine rings is 1. The van der Waals surface area contributed by atoms with E-state index >= 15 is 0 Å². The highest BCUT2D eigenvalue weighted by Crippen LogP contribution is 2.21. The summed E-state index contributed by atoms with van der Waals surface area (Å²) in [6.45, 7) is 1.96. The summed E-state index contributed by atoms with van der Waals surface area (Å²) in [7, 11) is 1.50. The first-order chi connectivity index (χ1) is 9.11. The van der Waals surface area contributed by atoms with Crippen LogP contribution in [0.3, 0.4) is 0 Å². The summed E-state index contributed by atoms with van der Waals surface area (Å²) < 4.78 is 5.09. The largest absolute Gasteiger partial charge is 0.480 e. The van der Waals surface area contributed by atoms with Crippen LogP contribution in [-0.4, -0.2) is 17.9 Å². The molecule has 2 rings (SSSR count). The van der Waals surface area contributed by atoms with Crippen LogP contribution in [0.25, 0.3) is 0 Å². The van der Waals surface area contributed by atoms with E-state index in [-0.39, 0.29) is 12.2 Å². The molecule has 0 saturated heterocycles. The first-order valence-electron chi connectivity index (χ1n) is 5.89. The van der Waals surface area contributed by atoms with Crippen molar-refractivity contribution in [2.75, 3.05) is 7.11 Å². The molecule has 98 valence electrons. The number of hydrogen-bond acceptors (Lipinski definition) is 3. The fourth-order valence-corrected chi connectivity index (χ4v) is 2.13. The molecule has 0 fully saturated rings. The number of ketones is 1. The van der Waals surface area contributed by atoms with E-state index in [2.05, 4.69) is 4.98 Å². The second-order valence-corrected chi connectivity index (χ2v) is 4.66. The van der Waals surface area contributed by atoms with Gasteiger partial charge >= 0.3 is 0 Å². The second kappa shape index (κ2) is 5.85. The molecular weight excluding hydrogens is 262 g/mol. The highest BCUT2D eigenvalue weighted by atomic mass is 35.5. The number of ether oxygens (including phenoxy) is 1. The summed E-state index contributed by atoms with van der Waals surface area (Å²) >= 11 is 6.14. The van der Waals surface area contributed by atoms with Crippen LogP contribution in [0.2, 0.25) is 5.02 Å². The van der Waals surface area contributed by atoms with Crippen LogP contribution < -0.4 is 4.74 Å². The topological polar surface area (TPSA) is 39.2 Å². The van der Waals surface area contributed by atoms with Crippen molar-refractivity contribution in [3.05, 3.63) is 58.2 Å². The van der Waals surface area contributed by atoms with E-state index in [4.69, 9.17) is 16.3 Å². The van der Waals surface area contributed by atoms with E-state index in [1.54, 1.807) is 18.3 Å². The van der Waals surface area contributed by atoms with Crippen molar-refractivity contribution in [1.29, 1.82) is 0 Å². The number of carbonyl (C=O) groups is 1. The van der Waals surface area contributed by atoms with E-state index in [0.29, 0.717) is 16.5 Å². The number of Topliss-reactive ketones (excluding diaryl/α,β-unsaturated/α-hetero) is 1. The van der Waals surface area contributed by atoms with Gasteiger partial charge in [-0.2, -0.15) is 0 Å². The maximum atomic E-state index is 12.3. The van der Waals surface area contributed by atoms with Crippen molar-refractivity contribution in [3.8, 4) is 5.88 Å². The highest BCUT2D eigenvalue weighted by molar-refractivity contribution is 6.31. The van der Waals surface area contributed by atoms with Gasteiger partial charge in [-0.3, -0.25) is 4.79 Å². The van der Waals surface area contributed by atoms with Gasteiger partial charge in [0.25, 0.3) is 0 Å². The lowest BCUT2D eigenvalue weighted by Gasteiger charge is -2.07. The number of halogens is 1. The third kappa shape index (κ3) is 3.12. The van der Waals surface area contributed by atoms with Crippen LogP contribution in [0.5, 0.6) is 5.88 Å². The second-order valence-electron chi connectivity index (χ2n) is 4.26. The number of carbonyl (C=O) groups excluding carboxylic acids is 1. The molecule has 0 amide bonds. The third-order valence-electron chi connectivity index (χ3n) is 2.82. The maximum Gasteiger partial charge on any atom is 0.224 e. The highest BCUT2D eigenvalue weighted by Gasteiger charge is 2.14. The quantitative estimate of drug-likeness (QED) is 0.802. The van der Waals surface area contributed by atoms with Gasteiger partial charge in [0.15, 0.2) is 5.78 Å². The Morgan fingerprint density at radius 3 is 2.84 bits per heavy atom. The van der Waals surface area contributed by atoms with Crippen LogP contribution in [0.1, 0.15) is 21.5 Å². The molecule has 0 radical (unpaired) electrons. The summed E-state index contributed by atoms with van der Waals surface area (Å²) in [6, 6.07) is 9.08. The smallest absolute Gasteiger partial charge is 0.224 e. The molecule has 0 aliphatic heterocycles. The van der Waals surface area contributed by atoms with Gasteiger partial charge in [0.2, 0.25) is 5.88 Å². The molecule has 2 aromatic rings. The lowest BCUT2D eigenvalue weighted by Crippen LogP contribution is -2.07. The van der Waals surface area contributed by atoms with E-state index in [1.165, 1.54) is 7.11 Å². The molecule has 3 nitrogen and oxygen atoms in total. The lowest BCUT2D eigenvalue weighted by atomic mass is 10.0. The summed E-state index contributed by atoms with van der Waals surface area (Å²) in [5.74, 6) is 0.284. The van der Waals surface area contributed by atoms with E-state index < -0.39 is 0 Å². The standard InChI is InChI=1S/C15H14ClNO2/c1-10-5-6-11(13(16)8-10)9-14(18)12-4-3-7-17-15(12)19-2/h3-8H,9H2,1-2H3. The van der Waals surface area contributed by atoms with Crippen molar-refractivity contribution < 1.29 is 9.53 Å². The number of methoxy groups -OCH3 is 1.